The standard InChI is InChI=1S/C63H98N18O13S/c1-37(2)33-45(57(89)74-41(53(68)85)27-32-95-3)73-52(84)36-72-54(86)46(34-38-15-6-4-7-16-38)78-58(90)47(35-39-17-8-5-9-18-39)79-56(88)42(23-25-50(66)82)75-55(87)43(24-26-51(67)83)76-59(91)49-22-14-31-81(49)62(94)44(20-10-11-28-64)77-60(92)48-21-13-30-80(48)61(93)40(65)19-12-29-71-63(69)70/h4-9,15-18,37,40-49H,10-14,19-36,64-65H2,1-3H3,(H2,66,82)(H2,67,83)(H2,68,85)(H,72,86)(H,73,84)(H,74,89)(H,75,87)(H,76,91)(H,77,92)(H,78,90)(H,79,88)(H4,69,70,71)/t40-,41+,42+,43+,44+,45-,46-,47-,48-,49-/m1/s1. The van der Waals surface area contributed by atoms with Gasteiger partial charge in [0, 0.05) is 45.3 Å². The van der Waals surface area contributed by atoms with Crippen LogP contribution in [0.2, 0.25) is 0 Å². The first kappa shape index (κ1) is 78.5. The minimum Gasteiger partial charge on any atom is -0.370 e. The van der Waals surface area contributed by atoms with Gasteiger partial charge in [-0.1, -0.05) is 74.5 Å². The van der Waals surface area contributed by atoms with Crippen molar-refractivity contribution in [2.45, 2.75) is 183 Å². The van der Waals surface area contributed by atoms with Gasteiger partial charge in [0.1, 0.15) is 54.4 Å². The van der Waals surface area contributed by atoms with E-state index in [1.807, 2.05) is 20.1 Å². The van der Waals surface area contributed by atoms with E-state index in [4.69, 9.17) is 40.1 Å². The highest BCUT2D eigenvalue weighted by Gasteiger charge is 2.42. The van der Waals surface area contributed by atoms with E-state index in [2.05, 4.69) is 47.5 Å². The Hall–Kier alpha value is -8.91. The molecule has 4 rings (SSSR count). The van der Waals surface area contributed by atoms with E-state index in [9.17, 15) is 62.3 Å². The summed E-state index contributed by atoms with van der Waals surface area (Å²) >= 11 is 1.45. The van der Waals surface area contributed by atoms with Crippen molar-refractivity contribution in [3.05, 3.63) is 71.8 Å². The molecule has 10 atom stereocenters. The van der Waals surface area contributed by atoms with Gasteiger partial charge < -0.3 is 92.5 Å². The molecule has 95 heavy (non-hydrogen) atoms. The lowest BCUT2D eigenvalue weighted by molar-refractivity contribution is -0.144. The number of carbonyl (C=O) groups is 13. The third-order valence-corrected chi connectivity index (χ3v) is 16.7. The number of nitrogens with two attached hydrogens (primary N) is 7. The largest absolute Gasteiger partial charge is 0.370 e. The molecule has 0 bridgehead atoms. The minimum atomic E-state index is -1.64. The molecule has 2 saturated heterocycles. The van der Waals surface area contributed by atoms with Crippen LogP contribution in [0.15, 0.2) is 65.7 Å². The van der Waals surface area contributed by atoms with Crippen LogP contribution in [0.3, 0.4) is 0 Å². The van der Waals surface area contributed by atoms with E-state index in [1.165, 1.54) is 21.6 Å². The Morgan fingerprint density at radius 3 is 1.51 bits per heavy atom. The molecular formula is C63H98N18O13S. The SMILES string of the molecule is CSCC[C@H](NC(=O)[C@@H](CC(C)C)NC(=O)CNC(=O)[C@@H](Cc1ccccc1)NC(=O)[C@@H](Cc1ccccc1)NC(=O)[C@H](CCC(N)=O)NC(=O)[C@H](CCC(N)=O)NC(=O)[C@H]1CCCN1C(=O)[C@H](CCCCN)NC(=O)[C@H]1CCCN1C(=O)[C@H](N)CCCN=C(N)N)C(N)=O. The van der Waals surface area contributed by atoms with Crippen molar-refractivity contribution in [3.8, 4) is 0 Å². The summed E-state index contributed by atoms with van der Waals surface area (Å²) < 4.78 is 0. The molecule has 2 aromatic rings. The third-order valence-electron chi connectivity index (χ3n) is 16.0. The molecule has 0 radical (unpaired) electrons. The predicted molar refractivity (Wildman–Crippen MR) is 356 cm³/mol. The lowest BCUT2D eigenvalue weighted by Gasteiger charge is -2.32. The van der Waals surface area contributed by atoms with Gasteiger partial charge in [0.2, 0.25) is 76.8 Å². The number of nitrogens with one attached hydrogen (secondary N) is 8. The summed E-state index contributed by atoms with van der Waals surface area (Å²) in [6, 6.07) is 4.51. The second-order valence-corrected chi connectivity index (χ2v) is 25.1. The fourth-order valence-corrected chi connectivity index (χ4v) is 11.5. The number of hydrogen-bond acceptors (Lipinski definition) is 17. The molecule has 0 unspecified atom stereocenters. The maximum absolute atomic E-state index is 14.7. The number of guanidine groups is 1. The van der Waals surface area contributed by atoms with Gasteiger partial charge in [-0.15, -0.1) is 0 Å². The fraction of sp³-hybridized carbons (Fsp3) is 0.587. The monoisotopic (exact) mass is 1350 g/mol. The number of unbranched alkanes of at least 4 members (excludes halogenated alkanes) is 1. The van der Waals surface area contributed by atoms with Crippen molar-refractivity contribution in [1.29, 1.82) is 0 Å². The summed E-state index contributed by atoms with van der Waals surface area (Å²) in [5.74, 6) is -9.80. The van der Waals surface area contributed by atoms with Crippen molar-refractivity contribution in [1.82, 2.24) is 52.3 Å². The number of nitrogens with zero attached hydrogens (tertiary/aromatic N) is 3. The molecule has 22 N–H and O–H groups in total. The number of likely N-dealkylation sites (tertiary alicyclic amines) is 2. The van der Waals surface area contributed by atoms with Gasteiger partial charge in [0.25, 0.3) is 0 Å². The first-order valence-electron chi connectivity index (χ1n) is 32.2. The van der Waals surface area contributed by atoms with Crippen molar-refractivity contribution < 1.29 is 62.3 Å². The Balaban J connectivity index is 1.56. The number of benzene rings is 2. The fourth-order valence-electron chi connectivity index (χ4n) is 11.0. The van der Waals surface area contributed by atoms with Gasteiger partial charge in [0.05, 0.1) is 12.6 Å². The van der Waals surface area contributed by atoms with Crippen LogP contribution in [0, 0.1) is 5.92 Å². The average molecular weight is 1350 g/mol. The highest BCUT2D eigenvalue weighted by molar-refractivity contribution is 7.98. The van der Waals surface area contributed by atoms with Crippen molar-refractivity contribution >= 4 is 94.5 Å². The average Bonchev–Trinajstić information content (AvgIpc) is 1.74. The Morgan fingerprint density at radius 1 is 0.537 bits per heavy atom. The van der Waals surface area contributed by atoms with Crippen molar-refractivity contribution in [3.63, 3.8) is 0 Å². The summed E-state index contributed by atoms with van der Waals surface area (Å²) in [5.41, 5.74) is 40.6. The van der Waals surface area contributed by atoms with Crippen molar-refractivity contribution in [2.24, 2.45) is 51.0 Å². The zero-order chi connectivity index (χ0) is 70.1. The molecule has 0 spiro atoms. The highest BCUT2D eigenvalue weighted by atomic mass is 32.2. The lowest BCUT2D eigenvalue weighted by atomic mass is 10.0. The molecule has 2 fully saturated rings. The summed E-state index contributed by atoms with van der Waals surface area (Å²) in [7, 11) is 0. The number of carbonyl (C=O) groups excluding carboxylic acids is 13. The van der Waals surface area contributed by atoms with Gasteiger partial charge in [0.15, 0.2) is 5.96 Å². The zero-order valence-corrected chi connectivity index (χ0v) is 55.3. The Bertz CT molecular complexity index is 2960. The first-order chi connectivity index (χ1) is 45.2. The molecule has 2 aromatic carbocycles. The second-order valence-electron chi connectivity index (χ2n) is 24.1. The molecule has 0 aromatic heterocycles. The van der Waals surface area contributed by atoms with Crippen LogP contribution < -0.4 is 82.7 Å². The van der Waals surface area contributed by atoms with E-state index in [0.29, 0.717) is 55.4 Å². The topological polar surface area (TPSA) is 519 Å². The Morgan fingerprint density at radius 2 is 1.01 bits per heavy atom. The van der Waals surface area contributed by atoms with E-state index < -0.39 is 169 Å². The molecule has 0 aliphatic carbocycles. The van der Waals surface area contributed by atoms with Crippen LogP contribution in [0.25, 0.3) is 0 Å². The van der Waals surface area contributed by atoms with Gasteiger partial charge in [-0.25, -0.2) is 0 Å². The molecule has 31 nitrogen and oxygen atoms in total. The van der Waals surface area contributed by atoms with Crippen LogP contribution in [-0.4, -0.2) is 198 Å². The van der Waals surface area contributed by atoms with Crippen LogP contribution in [0.4, 0.5) is 0 Å². The molecule has 2 heterocycles. The quantitative estimate of drug-likeness (QED) is 0.0173. The molecule has 2 aliphatic heterocycles. The Labute approximate surface area is 558 Å². The van der Waals surface area contributed by atoms with E-state index >= 15 is 0 Å². The molecule has 2 aliphatic rings. The van der Waals surface area contributed by atoms with Gasteiger partial charge in [-0.2, -0.15) is 11.8 Å². The van der Waals surface area contributed by atoms with Crippen LogP contribution >= 0.6 is 11.8 Å². The second kappa shape index (κ2) is 41.0. The van der Waals surface area contributed by atoms with E-state index in [-0.39, 0.29) is 83.0 Å². The number of amides is 13. The van der Waals surface area contributed by atoms with Gasteiger partial charge >= 0.3 is 0 Å². The third kappa shape index (κ3) is 27.5. The maximum Gasteiger partial charge on any atom is 0.245 e. The summed E-state index contributed by atoms with van der Waals surface area (Å²) in [4.78, 5) is 185. The molecular weight excluding hydrogens is 1250 g/mol. The van der Waals surface area contributed by atoms with E-state index in [0.717, 1.165) is 0 Å². The maximum atomic E-state index is 14.7. The highest BCUT2D eigenvalue weighted by Crippen LogP contribution is 2.24. The summed E-state index contributed by atoms with van der Waals surface area (Å²) in [6.07, 6.45) is 3.12. The predicted octanol–water partition coefficient (Wildman–Crippen LogP) is -3.71. The number of hydrogen-bond donors (Lipinski definition) is 15. The zero-order valence-electron chi connectivity index (χ0n) is 54.5. The van der Waals surface area contributed by atoms with Crippen molar-refractivity contribution in [2.75, 3.05) is 44.7 Å². The molecule has 32 heteroatoms. The molecule has 13 amide bonds. The first-order valence-corrected chi connectivity index (χ1v) is 33.6. The van der Waals surface area contributed by atoms with Gasteiger partial charge in [-0.05, 0) is 119 Å². The number of aliphatic imine (C=N–C) groups is 1. The summed E-state index contributed by atoms with van der Waals surface area (Å²) in [5, 5.41) is 21.1. The smallest absolute Gasteiger partial charge is 0.245 e. The lowest BCUT2D eigenvalue weighted by Crippen LogP contribution is -2.60. The number of thioether (sulfide) groups is 1. The molecule has 524 valence electrons. The van der Waals surface area contributed by atoms with Crippen LogP contribution in [0.5, 0.6) is 0 Å². The van der Waals surface area contributed by atoms with Crippen LogP contribution in [-0.2, 0) is 75.2 Å². The normalized spacial score (nSPS) is 16.8. The van der Waals surface area contributed by atoms with Gasteiger partial charge in [-0.3, -0.25) is 67.3 Å². The number of primary amides is 3. The van der Waals surface area contributed by atoms with Crippen LogP contribution in [0.1, 0.15) is 121 Å². The minimum absolute atomic E-state index is 0.0736. The molecule has 0 saturated carbocycles. The van der Waals surface area contributed by atoms with E-state index in [1.54, 1.807) is 60.7 Å². The number of rotatable bonds is 42. The summed E-state index contributed by atoms with van der Waals surface area (Å²) in [6.45, 7) is 3.86. The Kier molecular flexibility index (Phi) is 33.9.